The average molecular weight is 280 g/mol. The molecule has 0 spiro atoms. The number of benzene rings is 1. The van der Waals surface area contributed by atoms with Crippen LogP contribution in [0.4, 0.5) is 0 Å². The summed E-state index contributed by atoms with van der Waals surface area (Å²) in [6, 6.07) is 12.7. The molecule has 0 saturated carbocycles. The third-order valence-electron chi connectivity index (χ3n) is 3.71. The molecule has 108 valence electrons. The molecule has 2 N–H and O–H groups in total. The molecule has 0 aliphatic heterocycles. The molecule has 0 fully saturated rings. The molecule has 0 atom stereocenters. The number of aromatic nitrogens is 3. The maximum absolute atomic E-state index is 4.22. The first kappa shape index (κ1) is 13.6. The molecule has 0 unspecified atom stereocenters. The number of aromatic amines is 1. The number of hydrogen-bond acceptors (Lipinski definition) is 2. The highest BCUT2D eigenvalue weighted by Gasteiger charge is 2.10. The third-order valence-corrected chi connectivity index (χ3v) is 3.71. The van der Waals surface area contributed by atoms with E-state index >= 15 is 0 Å². The van der Waals surface area contributed by atoms with Crippen LogP contribution in [-0.4, -0.2) is 14.5 Å². The van der Waals surface area contributed by atoms with E-state index in [4.69, 9.17) is 0 Å². The van der Waals surface area contributed by atoms with Gasteiger partial charge in [0.1, 0.15) is 5.82 Å². The number of imidazole rings is 1. The highest BCUT2D eigenvalue weighted by atomic mass is 15.0. The van der Waals surface area contributed by atoms with Crippen molar-refractivity contribution in [3.63, 3.8) is 0 Å². The van der Waals surface area contributed by atoms with E-state index in [-0.39, 0.29) is 0 Å². The summed E-state index contributed by atoms with van der Waals surface area (Å²) in [6.45, 7) is 5.91. The number of nitrogens with zero attached hydrogens (tertiary/aromatic N) is 2. The zero-order valence-corrected chi connectivity index (χ0v) is 12.4. The lowest BCUT2D eigenvalue weighted by molar-refractivity contribution is 0.665. The summed E-state index contributed by atoms with van der Waals surface area (Å²) in [4.78, 5) is 7.32. The van der Waals surface area contributed by atoms with E-state index in [9.17, 15) is 0 Å². The monoisotopic (exact) mass is 280 g/mol. The lowest BCUT2D eigenvalue weighted by Gasteiger charge is -2.10. The Labute approximate surface area is 124 Å². The minimum absolute atomic E-state index is 0.752. The van der Waals surface area contributed by atoms with Crippen molar-refractivity contribution in [1.82, 2.24) is 19.9 Å². The van der Waals surface area contributed by atoms with Crippen molar-refractivity contribution in [2.75, 3.05) is 0 Å². The van der Waals surface area contributed by atoms with E-state index in [1.807, 2.05) is 12.3 Å². The second-order valence-electron chi connectivity index (χ2n) is 5.21. The normalized spacial score (nSPS) is 11.0. The zero-order chi connectivity index (χ0) is 14.7. The van der Waals surface area contributed by atoms with Crippen LogP contribution >= 0.6 is 0 Å². The summed E-state index contributed by atoms with van der Waals surface area (Å²) in [7, 11) is 0. The molecule has 0 amide bonds. The number of aryl methyl sites for hydroxylation is 1. The highest BCUT2D eigenvalue weighted by molar-refractivity contribution is 5.40. The van der Waals surface area contributed by atoms with Crippen molar-refractivity contribution in [2.45, 2.75) is 26.9 Å². The van der Waals surface area contributed by atoms with Crippen LogP contribution in [0.25, 0.3) is 5.69 Å². The first-order chi connectivity index (χ1) is 10.3. The lowest BCUT2D eigenvalue weighted by Crippen LogP contribution is -2.14. The van der Waals surface area contributed by atoms with Gasteiger partial charge in [0.15, 0.2) is 0 Å². The summed E-state index contributed by atoms with van der Waals surface area (Å²) in [5, 5.41) is 3.43. The molecule has 4 heteroatoms. The largest absolute Gasteiger partial charge is 0.348 e. The van der Waals surface area contributed by atoms with Gasteiger partial charge in [-0.05, 0) is 37.6 Å². The van der Waals surface area contributed by atoms with Crippen molar-refractivity contribution in [2.24, 2.45) is 0 Å². The Kier molecular flexibility index (Phi) is 3.88. The maximum atomic E-state index is 4.22. The molecule has 0 aliphatic rings. The molecule has 2 heterocycles. The van der Waals surface area contributed by atoms with Crippen molar-refractivity contribution in [3.8, 4) is 5.69 Å². The Bertz CT molecular complexity index is 696. The van der Waals surface area contributed by atoms with Crippen molar-refractivity contribution < 1.29 is 0 Å². The van der Waals surface area contributed by atoms with Gasteiger partial charge in [0.2, 0.25) is 0 Å². The molecule has 1 aromatic carbocycles. The van der Waals surface area contributed by atoms with Gasteiger partial charge in [-0.15, -0.1) is 0 Å². The predicted octanol–water partition coefficient (Wildman–Crippen LogP) is 3.11. The second-order valence-corrected chi connectivity index (χ2v) is 5.21. The standard InChI is InChI=1S/C17H20N4/c1-13-10-15(11-18-12-17-19-8-9-20-17)14(2)21(13)16-6-4-3-5-7-16/h3-10,18H,11-12H2,1-2H3,(H,19,20). The van der Waals surface area contributed by atoms with Gasteiger partial charge in [0.05, 0.1) is 6.54 Å². The Morgan fingerprint density at radius 1 is 1.14 bits per heavy atom. The smallest absolute Gasteiger partial charge is 0.120 e. The van der Waals surface area contributed by atoms with Crippen LogP contribution < -0.4 is 5.32 Å². The zero-order valence-electron chi connectivity index (χ0n) is 12.4. The molecule has 3 rings (SSSR count). The van der Waals surface area contributed by atoms with Gasteiger partial charge < -0.3 is 14.9 Å². The van der Waals surface area contributed by atoms with Gasteiger partial charge in [-0.2, -0.15) is 0 Å². The molecule has 0 radical (unpaired) electrons. The first-order valence-electron chi connectivity index (χ1n) is 7.18. The number of H-pyrrole nitrogens is 1. The van der Waals surface area contributed by atoms with E-state index in [1.54, 1.807) is 6.20 Å². The summed E-state index contributed by atoms with van der Waals surface area (Å²) < 4.78 is 2.30. The average Bonchev–Trinajstić information content (AvgIpc) is 3.09. The van der Waals surface area contributed by atoms with E-state index in [2.05, 4.69) is 64.0 Å². The van der Waals surface area contributed by atoms with Gasteiger partial charge in [-0.1, -0.05) is 18.2 Å². The van der Waals surface area contributed by atoms with E-state index in [1.165, 1.54) is 22.6 Å². The molecule has 3 aromatic rings. The van der Waals surface area contributed by atoms with Crippen LogP contribution in [0.1, 0.15) is 22.8 Å². The SMILES string of the molecule is Cc1cc(CNCc2ncc[nH]2)c(C)n1-c1ccccc1. The van der Waals surface area contributed by atoms with Crippen molar-refractivity contribution in [1.29, 1.82) is 0 Å². The number of hydrogen-bond donors (Lipinski definition) is 2. The first-order valence-corrected chi connectivity index (χ1v) is 7.18. The molecule has 2 aromatic heterocycles. The Balaban J connectivity index is 1.75. The topological polar surface area (TPSA) is 45.6 Å². The Hall–Kier alpha value is -2.33. The number of nitrogens with one attached hydrogen (secondary N) is 2. The summed E-state index contributed by atoms with van der Waals surface area (Å²) >= 11 is 0. The summed E-state index contributed by atoms with van der Waals surface area (Å²) in [6.07, 6.45) is 3.62. The second kappa shape index (κ2) is 5.97. The Morgan fingerprint density at radius 3 is 2.67 bits per heavy atom. The summed E-state index contributed by atoms with van der Waals surface area (Å²) in [5.41, 5.74) is 5.08. The summed E-state index contributed by atoms with van der Waals surface area (Å²) in [5.74, 6) is 0.965. The minimum atomic E-state index is 0.752. The van der Waals surface area contributed by atoms with Crippen LogP contribution in [0.3, 0.4) is 0 Å². The molecular formula is C17H20N4. The van der Waals surface area contributed by atoms with Gasteiger partial charge in [-0.25, -0.2) is 4.98 Å². The van der Waals surface area contributed by atoms with Crippen LogP contribution in [-0.2, 0) is 13.1 Å². The molecule has 4 nitrogen and oxygen atoms in total. The lowest BCUT2D eigenvalue weighted by atomic mass is 10.2. The van der Waals surface area contributed by atoms with Crippen molar-refractivity contribution >= 4 is 0 Å². The van der Waals surface area contributed by atoms with Gasteiger partial charge in [0.25, 0.3) is 0 Å². The molecule has 0 bridgehead atoms. The fourth-order valence-corrected chi connectivity index (χ4v) is 2.69. The Morgan fingerprint density at radius 2 is 1.95 bits per heavy atom. The molecular weight excluding hydrogens is 260 g/mol. The quantitative estimate of drug-likeness (QED) is 0.754. The number of para-hydroxylation sites is 1. The third kappa shape index (κ3) is 2.90. The maximum Gasteiger partial charge on any atom is 0.120 e. The molecule has 0 saturated heterocycles. The van der Waals surface area contributed by atoms with Gasteiger partial charge in [-0.3, -0.25) is 0 Å². The fourth-order valence-electron chi connectivity index (χ4n) is 2.69. The van der Waals surface area contributed by atoms with Gasteiger partial charge in [0, 0.05) is 36.0 Å². The highest BCUT2D eigenvalue weighted by Crippen LogP contribution is 2.20. The van der Waals surface area contributed by atoms with E-state index in [0.29, 0.717) is 0 Å². The van der Waals surface area contributed by atoms with E-state index in [0.717, 1.165) is 18.9 Å². The van der Waals surface area contributed by atoms with Crippen LogP contribution in [0, 0.1) is 13.8 Å². The van der Waals surface area contributed by atoms with Crippen LogP contribution in [0.15, 0.2) is 48.8 Å². The predicted molar refractivity (Wildman–Crippen MR) is 84.4 cm³/mol. The fraction of sp³-hybridized carbons (Fsp3) is 0.235. The van der Waals surface area contributed by atoms with E-state index < -0.39 is 0 Å². The molecule has 0 aliphatic carbocycles. The number of rotatable bonds is 5. The van der Waals surface area contributed by atoms with Crippen LogP contribution in [0.5, 0.6) is 0 Å². The van der Waals surface area contributed by atoms with Gasteiger partial charge >= 0.3 is 0 Å². The molecule has 21 heavy (non-hydrogen) atoms. The van der Waals surface area contributed by atoms with Crippen LogP contribution in [0.2, 0.25) is 0 Å². The minimum Gasteiger partial charge on any atom is -0.348 e. The van der Waals surface area contributed by atoms with Crippen molar-refractivity contribution in [3.05, 3.63) is 71.6 Å².